The Morgan fingerprint density at radius 3 is 0.872 bits per heavy atom. The molecule has 0 unspecified atom stereocenters. The monoisotopic (exact) mass is 678 g/mol. The van der Waals surface area contributed by atoms with Crippen LogP contribution in [0, 0.1) is 65.8 Å². The summed E-state index contributed by atoms with van der Waals surface area (Å²) in [4.78, 5) is 0. The van der Waals surface area contributed by atoms with E-state index in [2.05, 4.69) is 87.4 Å². The number of benzene rings is 4. The predicted molar refractivity (Wildman–Crippen MR) is 162 cm³/mol. The second kappa shape index (κ2) is 33.2. The molecule has 0 bridgehead atoms. The van der Waals surface area contributed by atoms with Crippen LogP contribution in [0.4, 0.5) is 0 Å². The third kappa shape index (κ3) is 29.8. The van der Waals surface area contributed by atoms with Gasteiger partial charge in [0.05, 0.1) is 0 Å². The molecule has 4 rings (SSSR count). The molecule has 0 aliphatic rings. The van der Waals surface area contributed by atoms with Gasteiger partial charge < -0.3 is 9.47 Å². The first-order chi connectivity index (χ1) is 16.8. The third-order valence-electron chi connectivity index (χ3n) is 4.71. The Hall–Kier alpha value is -0.992. The molecule has 2 radical (unpaired) electrons. The topological polar surface area (TPSA) is 18.5 Å². The molecule has 0 atom stereocenters. The summed E-state index contributed by atoms with van der Waals surface area (Å²) in [5, 5.41) is 0. The van der Waals surface area contributed by atoms with E-state index >= 15 is 0 Å². The van der Waals surface area contributed by atoms with E-state index in [0.717, 1.165) is 0 Å². The zero-order valence-corrected chi connectivity index (χ0v) is 29.4. The summed E-state index contributed by atoms with van der Waals surface area (Å²) >= 11 is 0. The minimum absolute atomic E-state index is 0. The van der Waals surface area contributed by atoms with Crippen molar-refractivity contribution in [3.63, 3.8) is 0 Å². The van der Waals surface area contributed by atoms with Gasteiger partial charge in [0.1, 0.15) is 6.79 Å². The molecule has 4 heteroatoms. The molecule has 0 aliphatic heterocycles. The van der Waals surface area contributed by atoms with E-state index in [1.807, 2.05) is 72.8 Å². The van der Waals surface area contributed by atoms with E-state index in [4.69, 9.17) is 0 Å². The number of aryl methyl sites for hydroxylation is 6. The maximum atomic E-state index is 4.47. The Balaban J connectivity index is -0.000000121. The number of ether oxygens (including phenoxy) is 2. The van der Waals surface area contributed by atoms with Crippen LogP contribution in [0.5, 0.6) is 0 Å². The van der Waals surface area contributed by atoms with Crippen molar-refractivity contribution in [1.82, 2.24) is 0 Å². The van der Waals surface area contributed by atoms with Crippen molar-refractivity contribution >= 4 is 0 Å². The van der Waals surface area contributed by atoms with Crippen LogP contribution in [0.3, 0.4) is 0 Å². The summed E-state index contributed by atoms with van der Waals surface area (Å²) in [6.07, 6.45) is 0. The maximum Gasteiger partial charge on any atom is 0.145 e. The molecule has 210 valence electrons. The van der Waals surface area contributed by atoms with Gasteiger partial charge in [0, 0.05) is 79.6 Å². The van der Waals surface area contributed by atoms with Crippen LogP contribution in [0.15, 0.2) is 84.9 Å². The Morgan fingerprint density at radius 1 is 0.462 bits per heavy atom. The molecular formula is C35H48O2Y2-4. The van der Waals surface area contributed by atoms with Gasteiger partial charge in [-0.2, -0.15) is 143 Å². The first kappa shape index (κ1) is 47.8. The molecular weight excluding hydrogens is 630 g/mol. The van der Waals surface area contributed by atoms with Crippen LogP contribution < -0.4 is 0 Å². The number of hydrogen-bond donors (Lipinski definition) is 0. The normalized spacial score (nSPS) is 8.00. The van der Waals surface area contributed by atoms with Crippen molar-refractivity contribution in [1.29, 1.82) is 0 Å². The van der Waals surface area contributed by atoms with Crippen molar-refractivity contribution in [3.8, 4) is 0 Å². The summed E-state index contributed by atoms with van der Waals surface area (Å²) in [6, 6.07) is 39.6. The van der Waals surface area contributed by atoms with Gasteiger partial charge in [0.2, 0.25) is 0 Å². The number of rotatable bonds is 2. The van der Waals surface area contributed by atoms with E-state index in [-0.39, 0.29) is 80.3 Å². The summed E-state index contributed by atoms with van der Waals surface area (Å²) in [5.74, 6) is 0. The average Bonchev–Trinajstić information content (AvgIpc) is 2.86. The summed E-state index contributed by atoms with van der Waals surface area (Å²) in [5.41, 5.74) is 7.88. The maximum absolute atomic E-state index is 4.47. The fourth-order valence-electron chi connectivity index (χ4n) is 2.24. The Kier molecular flexibility index (Phi) is 40.7. The zero-order chi connectivity index (χ0) is 26.3. The quantitative estimate of drug-likeness (QED) is 0.156. The molecule has 0 spiro atoms. The minimum atomic E-state index is 0. The van der Waals surface area contributed by atoms with E-state index in [9.17, 15) is 0 Å². The van der Waals surface area contributed by atoms with Crippen LogP contribution >= 0.6 is 0 Å². The van der Waals surface area contributed by atoms with Crippen molar-refractivity contribution < 1.29 is 74.9 Å². The predicted octanol–water partition coefficient (Wildman–Crippen LogP) is 9.30. The number of hydrogen-bond acceptors (Lipinski definition) is 2. The van der Waals surface area contributed by atoms with Gasteiger partial charge in [-0.3, -0.25) is 0 Å². The molecule has 2 nitrogen and oxygen atoms in total. The van der Waals surface area contributed by atoms with Gasteiger partial charge in [-0.25, -0.2) is 0 Å². The van der Waals surface area contributed by atoms with Gasteiger partial charge in [-0.15, -0.1) is 0 Å². The minimum Gasteiger partial charge on any atom is -0.359 e. The molecule has 0 aromatic heterocycles. The summed E-state index contributed by atoms with van der Waals surface area (Å²) in [7, 11) is 3.17. The molecule has 4 aromatic rings. The second-order valence-electron chi connectivity index (χ2n) is 7.87. The number of methoxy groups -OCH3 is 2. The summed E-state index contributed by atoms with van der Waals surface area (Å²) in [6.45, 7) is 12.9. The largest absolute Gasteiger partial charge is 0.359 e. The molecule has 4 aromatic carbocycles. The van der Waals surface area contributed by atoms with Gasteiger partial charge >= 0.3 is 0 Å². The third-order valence-corrected chi connectivity index (χ3v) is 4.71. The van der Waals surface area contributed by atoms with Gasteiger partial charge in [0.25, 0.3) is 0 Å². The molecule has 0 aliphatic carbocycles. The molecule has 0 heterocycles. The van der Waals surface area contributed by atoms with Crippen molar-refractivity contribution in [3.05, 3.63) is 143 Å². The first-order valence-corrected chi connectivity index (χ1v) is 11.5. The Morgan fingerprint density at radius 2 is 0.744 bits per heavy atom. The molecule has 0 saturated heterocycles. The molecule has 0 amide bonds. The van der Waals surface area contributed by atoms with Crippen molar-refractivity contribution in [2.45, 2.75) is 56.4 Å². The van der Waals surface area contributed by atoms with E-state index in [1.54, 1.807) is 14.2 Å². The van der Waals surface area contributed by atoms with E-state index < -0.39 is 0 Å². The fraction of sp³-hybridized carbons (Fsp3) is 0.314. The smallest absolute Gasteiger partial charge is 0.145 e. The Labute approximate surface area is 292 Å². The van der Waals surface area contributed by atoms with E-state index in [0.29, 0.717) is 6.79 Å². The zero-order valence-electron chi connectivity index (χ0n) is 23.8. The summed E-state index contributed by atoms with van der Waals surface area (Å²) < 4.78 is 8.94. The van der Waals surface area contributed by atoms with Crippen LogP contribution in [-0.2, 0) is 74.9 Å². The SMILES string of the molecule is C.C.COCOC.Cc1c[c-]ccc1C.Cc1c[c-]ccc1C.Cc1cc[c-]cc1.Cc1cc[c-]cc1.[Y].[Y]. The second-order valence-corrected chi connectivity index (χ2v) is 7.87. The Bertz CT molecular complexity index is 882. The van der Waals surface area contributed by atoms with Crippen LogP contribution in [0.25, 0.3) is 0 Å². The van der Waals surface area contributed by atoms with Gasteiger partial charge in [-0.1, -0.05) is 56.4 Å². The molecule has 0 fully saturated rings. The van der Waals surface area contributed by atoms with Crippen LogP contribution in [-0.4, -0.2) is 21.0 Å². The molecule has 39 heavy (non-hydrogen) atoms. The van der Waals surface area contributed by atoms with Crippen molar-refractivity contribution in [2.75, 3.05) is 21.0 Å². The first-order valence-electron chi connectivity index (χ1n) is 11.5. The van der Waals surface area contributed by atoms with Gasteiger partial charge in [-0.05, 0) is 0 Å². The molecule has 0 N–H and O–H groups in total. The van der Waals surface area contributed by atoms with Crippen molar-refractivity contribution in [2.24, 2.45) is 0 Å². The standard InChI is InChI=1S/2C8H9.2C7H7.C3H8O2.2CH4.2Y/c2*1-7-5-3-4-6-8(7)2;2*1-7-5-3-2-4-6-7;1-4-3-5-2;;;;/h2*3,5-6H,1-2H3;2*3-6H,1H3;3H2,1-2H3;2*1H4;;/q4*-1;;;;;. The van der Waals surface area contributed by atoms with E-state index in [1.165, 1.54) is 33.4 Å². The molecule has 0 saturated carbocycles. The van der Waals surface area contributed by atoms with Gasteiger partial charge in [0.15, 0.2) is 0 Å². The van der Waals surface area contributed by atoms with Crippen LogP contribution in [0.2, 0.25) is 0 Å². The van der Waals surface area contributed by atoms with Crippen LogP contribution in [0.1, 0.15) is 48.2 Å². The average molecular weight is 679 g/mol. The fourth-order valence-corrected chi connectivity index (χ4v) is 2.24.